The second-order valence-electron chi connectivity index (χ2n) is 6.39. The Morgan fingerprint density at radius 2 is 1.79 bits per heavy atom. The molecule has 4 rings (SSSR count). The molecule has 0 N–H and O–H groups in total. The molecule has 1 heterocycles. The van der Waals surface area contributed by atoms with Crippen LogP contribution in [0.4, 0.5) is 0 Å². The van der Waals surface area contributed by atoms with Crippen molar-refractivity contribution in [2.75, 3.05) is 14.2 Å². The first kappa shape index (κ1) is 18.3. The van der Waals surface area contributed by atoms with Crippen LogP contribution in [0.25, 0.3) is 33.6 Å². The maximum atomic E-state index is 12.9. The number of nitrogens with zero attached hydrogens (tertiary/aromatic N) is 1. The van der Waals surface area contributed by atoms with E-state index in [9.17, 15) is 10.1 Å². The first-order valence-corrected chi connectivity index (χ1v) is 8.95. The third kappa shape index (κ3) is 3.21. The van der Waals surface area contributed by atoms with Crippen molar-refractivity contribution in [3.8, 4) is 17.6 Å². The predicted molar refractivity (Wildman–Crippen MR) is 113 cm³/mol. The average Bonchev–Trinajstić information content (AvgIpc) is 2.77. The lowest BCUT2D eigenvalue weighted by Crippen LogP contribution is -2.03. The van der Waals surface area contributed by atoms with E-state index in [1.54, 1.807) is 68.8 Å². The van der Waals surface area contributed by atoms with E-state index in [-0.39, 0.29) is 5.43 Å². The van der Waals surface area contributed by atoms with Crippen molar-refractivity contribution in [1.82, 2.24) is 0 Å². The Bertz CT molecular complexity index is 1360. The number of para-hydroxylation sites is 2. The number of rotatable bonds is 4. The number of methoxy groups -OCH3 is 2. The molecule has 1 aromatic heterocycles. The maximum absolute atomic E-state index is 12.9. The molecule has 4 aromatic rings. The van der Waals surface area contributed by atoms with Crippen molar-refractivity contribution < 1.29 is 13.9 Å². The summed E-state index contributed by atoms with van der Waals surface area (Å²) in [5.41, 5.74) is 2.37. The Morgan fingerprint density at radius 1 is 1.00 bits per heavy atom. The summed E-state index contributed by atoms with van der Waals surface area (Å²) in [6, 6.07) is 19.9. The van der Waals surface area contributed by atoms with Gasteiger partial charge in [0.1, 0.15) is 22.7 Å². The lowest BCUT2D eigenvalue weighted by atomic mass is 10.00. The van der Waals surface area contributed by atoms with Crippen molar-refractivity contribution in [3.63, 3.8) is 0 Å². The van der Waals surface area contributed by atoms with Crippen LogP contribution in [-0.4, -0.2) is 14.2 Å². The largest absolute Gasteiger partial charge is 0.497 e. The number of hydrogen-bond donors (Lipinski definition) is 0. The van der Waals surface area contributed by atoms with E-state index in [4.69, 9.17) is 13.9 Å². The smallest absolute Gasteiger partial charge is 0.200 e. The van der Waals surface area contributed by atoms with E-state index >= 15 is 0 Å². The highest BCUT2D eigenvalue weighted by atomic mass is 16.5. The van der Waals surface area contributed by atoms with Gasteiger partial charge in [-0.05, 0) is 42.5 Å². The average molecular weight is 383 g/mol. The quantitative estimate of drug-likeness (QED) is 0.281. The van der Waals surface area contributed by atoms with Crippen LogP contribution in [0.1, 0.15) is 11.1 Å². The third-order valence-electron chi connectivity index (χ3n) is 4.75. The van der Waals surface area contributed by atoms with Gasteiger partial charge >= 0.3 is 0 Å². The summed E-state index contributed by atoms with van der Waals surface area (Å²) in [6.45, 7) is 0. The van der Waals surface area contributed by atoms with Gasteiger partial charge in [-0.1, -0.05) is 18.2 Å². The van der Waals surface area contributed by atoms with Gasteiger partial charge in [0.15, 0.2) is 0 Å². The van der Waals surface area contributed by atoms with Crippen LogP contribution in [0.3, 0.4) is 0 Å². The summed E-state index contributed by atoms with van der Waals surface area (Å²) in [7, 11) is 3.13. The summed E-state index contributed by atoms with van der Waals surface area (Å²) in [6.07, 6.45) is 1.71. The van der Waals surface area contributed by atoms with Crippen molar-refractivity contribution >= 4 is 33.6 Å². The van der Waals surface area contributed by atoms with Gasteiger partial charge in [0.2, 0.25) is 5.43 Å². The van der Waals surface area contributed by atoms with Gasteiger partial charge in [-0.25, -0.2) is 0 Å². The molecule has 29 heavy (non-hydrogen) atoms. The SMILES string of the molecule is COc1ccc(C=C(C#N)c2cccc3c(=O)c4ccccc4oc23)c(OC)c1. The van der Waals surface area contributed by atoms with E-state index in [1.165, 1.54) is 0 Å². The number of ether oxygens (including phenoxy) is 2. The molecular formula is C24H17NO4. The fourth-order valence-electron chi connectivity index (χ4n) is 3.30. The molecule has 0 saturated heterocycles. The van der Waals surface area contributed by atoms with Crippen molar-refractivity contribution in [2.24, 2.45) is 0 Å². The highest BCUT2D eigenvalue weighted by Gasteiger charge is 2.14. The zero-order valence-electron chi connectivity index (χ0n) is 15.9. The van der Waals surface area contributed by atoms with E-state index in [1.807, 2.05) is 12.1 Å². The first-order chi connectivity index (χ1) is 14.2. The van der Waals surface area contributed by atoms with E-state index in [2.05, 4.69) is 6.07 Å². The maximum Gasteiger partial charge on any atom is 0.200 e. The van der Waals surface area contributed by atoms with Gasteiger partial charge in [-0.15, -0.1) is 0 Å². The third-order valence-corrected chi connectivity index (χ3v) is 4.75. The standard InChI is InChI=1S/C24H17NO4/c1-27-17-11-10-15(22(13-17)28-2)12-16(14-25)18-7-5-8-20-23(26)19-6-3-4-9-21(19)29-24(18)20/h3-13H,1-2H3. The number of benzene rings is 3. The molecule has 0 saturated carbocycles. The van der Waals surface area contributed by atoms with Crippen molar-refractivity contribution in [1.29, 1.82) is 5.26 Å². The predicted octanol–water partition coefficient (Wildman–Crippen LogP) is 5.03. The molecule has 3 aromatic carbocycles. The topological polar surface area (TPSA) is 72.5 Å². The van der Waals surface area contributed by atoms with Crippen molar-refractivity contribution in [3.05, 3.63) is 82.0 Å². The number of nitriles is 1. The second kappa shape index (κ2) is 7.53. The molecule has 0 unspecified atom stereocenters. The van der Waals surface area contributed by atoms with E-state index in [0.29, 0.717) is 50.1 Å². The molecule has 5 heteroatoms. The lowest BCUT2D eigenvalue weighted by Gasteiger charge is -2.09. The van der Waals surface area contributed by atoms with Crippen LogP contribution < -0.4 is 14.9 Å². The minimum absolute atomic E-state index is 0.122. The number of fused-ring (bicyclic) bond motifs is 2. The fraction of sp³-hybridized carbons (Fsp3) is 0.0833. The number of allylic oxidation sites excluding steroid dienone is 1. The van der Waals surface area contributed by atoms with Gasteiger partial charge in [0.05, 0.1) is 36.6 Å². The second-order valence-corrected chi connectivity index (χ2v) is 6.39. The highest BCUT2D eigenvalue weighted by Crippen LogP contribution is 2.31. The zero-order chi connectivity index (χ0) is 20.4. The molecule has 0 aliphatic carbocycles. The number of hydrogen-bond acceptors (Lipinski definition) is 5. The Hall–Kier alpha value is -4.04. The van der Waals surface area contributed by atoms with Gasteiger partial charge in [-0.2, -0.15) is 5.26 Å². The summed E-state index contributed by atoms with van der Waals surface area (Å²) in [5, 5.41) is 10.8. The molecule has 0 fully saturated rings. The van der Waals surface area contributed by atoms with Crippen LogP contribution in [-0.2, 0) is 0 Å². The Labute approximate surface area is 167 Å². The molecule has 0 aliphatic rings. The fourth-order valence-corrected chi connectivity index (χ4v) is 3.30. The molecule has 0 atom stereocenters. The Balaban J connectivity index is 1.97. The lowest BCUT2D eigenvalue weighted by molar-refractivity contribution is 0.394. The molecule has 5 nitrogen and oxygen atoms in total. The molecular weight excluding hydrogens is 366 g/mol. The van der Waals surface area contributed by atoms with Gasteiger partial charge < -0.3 is 13.9 Å². The molecule has 0 spiro atoms. The van der Waals surface area contributed by atoms with E-state index < -0.39 is 0 Å². The normalized spacial score (nSPS) is 11.4. The van der Waals surface area contributed by atoms with Gasteiger partial charge in [0, 0.05) is 17.2 Å². The molecule has 0 radical (unpaired) electrons. The highest BCUT2D eigenvalue weighted by molar-refractivity contribution is 6.01. The molecule has 0 amide bonds. The zero-order valence-corrected chi connectivity index (χ0v) is 15.9. The van der Waals surface area contributed by atoms with Crippen LogP contribution in [0.2, 0.25) is 0 Å². The minimum Gasteiger partial charge on any atom is -0.497 e. The van der Waals surface area contributed by atoms with E-state index in [0.717, 1.165) is 0 Å². The molecule has 0 bridgehead atoms. The van der Waals surface area contributed by atoms with Crippen molar-refractivity contribution in [2.45, 2.75) is 0 Å². The van der Waals surface area contributed by atoms with Gasteiger partial charge in [-0.3, -0.25) is 4.79 Å². The molecule has 0 aliphatic heterocycles. The minimum atomic E-state index is -0.122. The van der Waals surface area contributed by atoms with Crippen LogP contribution in [0.15, 0.2) is 69.9 Å². The van der Waals surface area contributed by atoms with Crippen LogP contribution in [0, 0.1) is 11.3 Å². The molecule has 142 valence electrons. The monoisotopic (exact) mass is 383 g/mol. The van der Waals surface area contributed by atoms with Crippen LogP contribution in [0.5, 0.6) is 11.5 Å². The summed E-state index contributed by atoms with van der Waals surface area (Å²) in [5.74, 6) is 1.23. The summed E-state index contributed by atoms with van der Waals surface area (Å²) in [4.78, 5) is 12.9. The summed E-state index contributed by atoms with van der Waals surface area (Å²) >= 11 is 0. The first-order valence-electron chi connectivity index (χ1n) is 8.95. The Morgan fingerprint density at radius 3 is 2.55 bits per heavy atom. The Kier molecular flexibility index (Phi) is 4.76. The summed E-state index contributed by atoms with van der Waals surface area (Å²) < 4.78 is 16.7. The van der Waals surface area contributed by atoms with Gasteiger partial charge in [0.25, 0.3) is 0 Å². The van der Waals surface area contributed by atoms with Crippen LogP contribution >= 0.6 is 0 Å².